The highest BCUT2D eigenvalue weighted by atomic mass is 16.5. The molecule has 1 N–H and O–H groups in total. The first-order chi connectivity index (χ1) is 12.9. The van der Waals surface area contributed by atoms with Crippen LogP contribution in [-0.4, -0.2) is 10.1 Å². The first kappa shape index (κ1) is 16.1. The van der Waals surface area contributed by atoms with Crippen molar-refractivity contribution in [2.75, 3.05) is 5.32 Å². The largest absolute Gasteiger partial charge is 0.376 e. The molecular weight excluding hydrogens is 322 g/mol. The van der Waals surface area contributed by atoms with Crippen LogP contribution in [0.15, 0.2) is 89.5 Å². The van der Waals surface area contributed by atoms with Gasteiger partial charge in [0.25, 0.3) is 0 Å². The molecule has 0 aliphatic heterocycles. The lowest BCUT2D eigenvalue weighted by Crippen LogP contribution is -2.00. The third-order valence-electron chi connectivity index (χ3n) is 4.15. The smallest absolute Gasteiger partial charge is 0.245 e. The van der Waals surface area contributed by atoms with Crippen molar-refractivity contribution < 1.29 is 4.52 Å². The van der Waals surface area contributed by atoms with E-state index in [0.717, 1.165) is 5.69 Å². The standard InChI is InChI=1S/C22H19N3O/c1-3-7-17(8-4-1)15-21-24-22(26-25-21)16-23-20-13-11-19(12-14-20)18-9-5-2-6-10-18/h1-14,23H,15-16H2. The van der Waals surface area contributed by atoms with Gasteiger partial charge in [0.15, 0.2) is 5.82 Å². The molecule has 1 heterocycles. The van der Waals surface area contributed by atoms with E-state index in [1.54, 1.807) is 0 Å². The molecule has 0 radical (unpaired) electrons. The predicted molar refractivity (Wildman–Crippen MR) is 103 cm³/mol. The number of benzene rings is 3. The van der Waals surface area contributed by atoms with Gasteiger partial charge >= 0.3 is 0 Å². The molecule has 128 valence electrons. The van der Waals surface area contributed by atoms with Crippen LogP contribution in [-0.2, 0) is 13.0 Å². The molecule has 26 heavy (non-hydrogen) atoms. The highest BCUT2D eigenvalue weighted by Crippen LogP contribution is 2.21. The molecule has 0 aliphatic carbocycles. The molecule has 0 saturated carbocycles. The summed E-state index contributed by atoms with van der Waals surface area (Å²) in [6.07, 6.45) is 0.677. The first-order valence-corrected chi connectivity index (χ1v) is 8.61. The fraction of sp³-hybridized carbons (Fsp3) is 0.0909. The van der Waals surface area contributed by atoms with E-state index in [1.807, 2.05) is 36.4 Å². The third kappa shape index (κ3) is 3.98. The normalized spacial score (nSPS) is 10.6. The Labute approximate surface area is 152 Å². The number of nitrogens with one attached hydrogen (secondary N) is 1. The number of nitrogens with zero attached hydrogens (tertiary/aromatic N) is 2. The van der Waals surface area contributed by atoms with Crippen molar-refractivity contribution in [2.24, 2.45) is 0 Å². The van der Waals surface area contributed by atoms with Gasteiger partial charge in [0, 0.05) is 12.1 Å². The number of hydrogen-bond donors (Lipinski definition) is 1. The summed E-state index contributed by atoms with van der Waals surface area (Å²) in [6.45, 7) is 0.506. The molecule has 0 atom stereocenters. The molecule has 0 amide bonds. The SMILES string of the molecule is c1ccc(Cc2noc(CNc3ccc(-c4ccccc4)cc3)n2)cc1. The molecule has 4 aromatic rings. The van der Waals surface area contributed by atoms with Crippen LogP contribution in [0.5, 0.6) is 0 Å². The van der Waals surface area contributed by atoms with Crippen molar-refractivity contribution >= 4 is 5.69 Å². The van der Waals surface area contributed by atoms with E-state index >= 15 is 0 Å². The van der Waals surface area contributed by atoms with Gasteiger partial charge in [-0.1, -0.05) is 78.0 Å². The molecule has 4 heteroatoms. The van der Waals surface area contributed by atoms with Gasteiger partial charge in [-0.2, -0.15) is 4.98 Å². The summed E-state index contributed by atoms with van der Waals surface area (Å²) in [4.78, 5) is 4.45. The zero-order valence-corrected chi connectivity index (χ0v) is 14.3. The van der Waals surface area contributed by atoms with Crippen LogP contribution in [0.25, 0.3) is 11.1 Å². The Bertz CT molecular complexity index is 948. The zero-order chi connectivity index (χ0) is 17.6. The van der Waals surface area contributed by atoms with E-state index in [-0.39, 0.29) is 0 Å². The van der Waals surface area contributed by atoms with Crippen LogP contribution >= 0.6 is 0 Å². The molecule has 0 unspecified atom stereocenters. The fourth-order valence-corrected chi connectivity index (χ4v) is 2.80. The number of anilines is 1. The summed E-state index contributed by atoms with van der Waals surface area (Å²) in [6, 6.07) is 28.8. The monoisotopic (exact) mass is 341 g/mol. The summed E-state index contributed by atoms with van der Waals surface area (Å²) < 4.78 is 5.33. The molecule has 0 bridgehead atoms. The zero-order valence-electron chi connectivity index (χ0n) is 14.3. The fourth-order valence-electron chi connectivity index (χ4n) is 2.80. The van der Waals surface area contributed by atoms with Gasteiger partial charge in [0.1, 0.15) is 0 Å². The second-order valence-electron chi connectivity index (χ2n) is 6.06. The maximum Gasteiger partial charge on any atom is 0.245 e. The lowest BCUT2D eigenvalue weighted by molar-refractivity contribution is 0.378. The Morgan fingerprint density at radius 3 is 2.12 bits per heavy atom. The molecule has 0 spiro atoms. The molecule has 3 aromatic carbocycles. The van der Waals surface area contributed by atoms with E-state index in [2.05, 4.69) is 64.0 Å². The lowest BCUT2D eigenvalue weighted by Gasteiger charge is -2.05. The van der Waals surface area contributed by atoms with Gasteiger partial charge in [0.05, 0.1) is 6.54 Å². The van der Waals surface area contributed by atoms with Crippen molar-refractivity contribution in [3.05, 3.63) is 102 Å². The maximum atomic E-state index is 5.33. The van der Waals surface area contributed by atoms with Crippen LogP contribution in [0.2, 0.25) is 0 Å². The molecular formula is C22H19N3O. The van der Waals surface area contributed by atoms with Gasteiger partial charge in [-0.05, 0) is 28.8 Å². The van der Waals surface area contributed by atoms with Gasteiger partial charge in [-0.3, -0.25) is 0 Å². The quantitative estimate of drug-likeness (QED) is 0.540. The second kappa shape index (κ2) is 7.66. The van der Waals surface area contributed by atoms with Crippen molar-refractivity contribution in [3.63, 3.8) is 0 Å². The molecule has 0 fully saturated rings. The van der Waals surface area contributed by atoms with Gasteiger partial charge in [0.2, 0.25) is 5.89 Å². The topological polar surface area (TPSA) is 51.0 Å². The molecule has 4 rings (SSSR count). The van der Waals surface area contributed by atoms with E-state index in [9.17, 15) is 0 Å². The van der Waals surface area contributed by atoms with Crippen molar-refractivity contribution in [1.82, 2.24) is 10.1 Å². The highest BCUT2D eigenvalue weighted by molar-refractivity contribution is 5.65. The van der Waals surface area contributed by atoms with E-state index in [0.29, 0.717) is 24.7 Å². The van der Waals surface area contributed by atoms with Crippen LogP contribution in [0.4, 0.5) is 5.69 Å². The van der Waals surface area contributed by atoms with Crippen LogP contribution in [0, 0.1) is 0 Å². The number of rotatable bonds is 6. The van der Waals surface area contributed by atoms with Crippen molar-refractivity contribution in [3.8, 4) is 11.1 Å². The Morgan fingerprint density at radius 2 is 1.38 bits per heavy atom. The first-order valence-electron chi connectivity index (χ1n) is 8.61. The molecule has 0 saturated heterocycles. The second-order valence-corrected chi connectivity index (χ2v) is 6.06. The summed E-state index contributed by atoms with van der Waals surface area (Å²) >= 11 is 0. The van der Waals surface area contributed by atoms with Crippen LogP contribution in [0.3, 0.4) is 0 Å². The summed E-state index contributed by atoms with van der Waals surface area (Å²) in [7, 11) is 0. The van der Waals surface area contributed by atoms with Crippen LogP contribution in [0.1, 0.15) is 17.3 Å². The van der Waals surface area contributed by atoms with Gasteiger partial charge in [-0.25, -0.2) is 0 Å². The average Bonchev–Trinajstić information content (AvgIpc) is 3.16. The Kier molecular flexibility index (Phi) is 4.74. The minimum Gasteiger partial charge on any atom is -0.376 e. The third-order valence-corrected chi connectivity index (χ3v) is 4.15. The minimum absolute atomic E-state index is 0.506. The minimum atomic E-state index is 0.506. The van der Waals surface area contributed by atoms with Gasteiger partial charge in [-0.15, -0.1) is 0 Å². The predicted octanol–water partition coefficient (Wildman–Crippen LogP) is 4.94. The molecule has 4 nitrogen and oxygen atoms in total. The van der Waals surface area contributed by atoms with Crippen LogP contribution < -0.4 is 5.32 Å². The maximum absolute atomic E-state index is 5.33. The Hall–Kier alpha value is -3.40. The highest BCUT2D eigenvalue weighted by Gasteiger charge is 2.07. The summed E-state index contributed by atoms with van der Waals surface area (Å²) in [5.74, 6) is 1.29. The Morgan fingerprint density at radius 1 is 0.731 bits per heavy atom. The summed E-state index contributed by atoms with van der Waals surface area (Å²) in [5.41, 5.74) is 4.59. The summed E-state index contributed by atoms with van der Waals surface area (Å²) in [5, 5.41) is 7.37. The van der Waals surface area contributed by atoms with Crippen molar-refractivity contribution in [2.45, 2.75) is 13.0 Å². The van der Waals surface area contributed by atoms with E-state index in [1.165, 1.54) is 16.7 Å². The number of hydrogen-bond acceptors (Lipinski definition) is 4. The van der Waals surface area contributed by atoms with Gasteiger partial charge < -0.3 is 9.84 Å². The molecule has 0 aliphatic rings. The Balaban J connectivity index is 1.36. The average molecular weight is 341 g/mol. The van der Waals surface area contributed by atoms with Crippen molar-refractivity contribution in [1.29, 1.82) is 0 Å². The van der Waals surface area contributed by atoms with E-state index in [4.69, 9.17) is 4.52 Å². The number of aromatic nitrogens is 2. The van der Waals surface area contributed by atoms with E-state index < -0.39 is 0 Å². The lowest BCUT2D eigenvalue weighted by atomic mass is 10.1. The molecule has 1 aromatic heterocycles.